The largest absolute Gasteiger partial charge is 0.308 e. The Morgan fingerprint density at radius 2 is 2.08 bits per heavy atom. The first-order chi connectivity index (χ1) is 6.25. The summed E-state index contributed by atoms with van der Waals surface area (Å²) < 4.78 is 25.7. The van der Waals surface area contributed by atoms with Gasteiger partial charge >= 0.3 is 0 Å². The highest BCUT2D eigenvalue weighted by Gasteiger charge is 2.05. The number of benzene rings is 1. The topological polar surface area (TPSA) is 24.1 Å². The lowest BCUT2D eigenvalue weighted by molar-refractivity contribution is 0.491. The van der Waals surface area contributed by atoms with Crippen molar-refractivity contribution in [1.29, 1.82) is 0 Å². The standard InChI is InChI=1S/C9H12F2N2/c1-12-6-13-5-7-3-2-4-8(10)9(7)11/h2-4,12-13H,5-6H2,1H3. The summed E-state index contributed by atoms with van der Waals surface area (Å²) in [6.07, 6.45) is 0. The summed E-state index contributed by atoms with van der Waals surface area (Å²) in [7, 11) is 1.77. The average Bonchev–Trinajstić information content (AvgIpc) is 2.13. The van der Waals surface area contributed by atoms with Gasteiger partial charge in [-0.25, -0.2) is 8.78 Å². The molecule has 0 aliphatic rings. The van der Waals surface area contributed by atoms with Crippen molar-refractivity contribution >= 4 is 0 Å². The summed E-state index contributed by atoms with van der Waals surface area (Å²) in [6.45, 7) is 0.889. The molecule has 2 N–H and O–H groups in total. The maximum Gasteiger partial charge on any atom is 0.163 e. The highest BCUT2D eigenvalue weighted by Crippen LogP contribution is 2.10. The first kappa shape index (κ1) is 10.1. The maximum absolute atomic E-state index is 13.0. The smallest absolute Gasteiger partial charge is 0.163 e. The van der Waals surface area contributed by atoms with Gasteiger partial charge in [-0.3, -0.25) is 0 Å². The molecule has 0 unspecified atom stereocenters. The molecule has 13 heavy (non-hydrogen) atoms. The number of hydrogen-bond donors (Lipinski definition) is 2. The molecule has 0 saturated carbocycles. The molecule has 0 radical (unpaired) electrons. The number of hydrogen-bond acceptors (Lipinski definition) is 2. The highest BCUT2D eigenvalue weighted by molar-refractivity contribution is 5.18. The third-order valence-electron chi connectivity index (χ3n) is 1.65. The van der Waals surface area contributed by atoms with Crippen LogP contribution in [0.25, 0.3) is 0 Å². The van der Waals surface area contributed by atoms with Crippen molar-refractivity contribution in [2.24, 2.45) is 0 Å². The van der Waals surface area contributed by atoms with E-state index in [1.54, 1.807) is 13.1 Å². The van der Waals surface area contributed by atoms with E-state index in [9.17, 15) is 8.78 Å². The average molecular weight is 186 g/mol. The van der Waals surface area contributed by atoms with Gasteiger partial charge in [-0.2, -0.15) is 0 Å². The van der Waals surface area contributed by atoms with Gasteiger partial charge in [-0.05, 0) is 13.1 Å². The van der Waals surface area contributed by atoms with Crippen LogP contribution < -0.4 is 10.6 Å². The summed E-state index contributed by atoms with van der Waals surface area (Å²) in [5.41, 5.74) is 0.343. The Bertz CT molecular complexity index is 276. The maximum atomic E-state index is 13.0. The van der Waals surface area contributed by atoms with Crippen LogP contribution in [0, 0.1) is 11.6 Å². The van der Waals surface area contributed by atoms with Crippen molar-refractivity contribution in [3.63, 3.8) is 0 Å². The third kappa shape index (κ3) is 2.75. The normalized spacial score (nSPS) is 10.4. The molecule has 4 heteroatoms. The second-order valence-electron chi connectivity index (χ2n) is 2.67. The number of halogens is 2. The molecular formula is C9H12F2N2. The summed E-state index contributed by atoms with van der Waals surface area (Å²) in [6, 6.07) is 4.16. The van der Waals surface area contributed by atoms with E-state index in [0.717, 1.165) is 6.07 Å². The van der Waals surface area contributed by atoms with Crippen molar-refractivity contribution in [3.05, 3.63) is 35.4 Å². The Morgan fingerprint density at radius 1 is 1.31 bits per heavy atom. The van der Waals surface area contributed by atoms with E-state index in [1.807, 2.05) is 0 Å². The minimum absolute atomic E-state index is 0.324. The van der Waals surface area contributed by atoms with E-state index < -0.39 is 11.6 Å². The molecule has 1 aromatic carbocycles. The molecule has 0 aliphatic carbocycles. The van der Waals surface area contributed by atoms with Crippen molar-refractivity contribution in [1.82, 2.24) is 10.6 Å². The Morgan fingerprint density at radius 3 is 2.77 bits per heavy atom. The van der Waals surface area contributed by atoms with Gasteiger partial charge in [-0.1, -0.05) is 12.1 Å². The molecule has 0 fully saturated rings. The van der Waals surface area contributed by atoms with Gasteiger partial charge in [-0.15, -0.1) is 0 Å². The van der Waals surface area contributed by atoms with Crippen molar-refractivity contribution in [2.75, 3.05) is 13.7 Å². The molecule has 0 aliphatic heterocycles. The molecule has 0 saturated heterocycles. The zero-order valence-corrected chi connectivity index (χ0v) is 7.40. The molecule has 0 amide bonds. The number of nitrogens with one attached hydrogen (secondary N) is 2. The molecule has 0 bridgehead atoms. The van der Waals surface area contributed by atoms with Crippen LogP contribution in [0.3, 0.4) is 0 Å². The van der Waals surface area contributed by atoms with Crippen LogP contribution in [0.5, 0.6) is 0 Å². The lowest BCUT2D eigenvalue weighted by Crippen LogP contribution is -2.25. The molecule has 0 heterocycles. The molecule has 0 spiro atoms. The SMILES string of the molecule is CNCNCc1cccc(F)c1F. The van der Waals surface area contributed by atoms with Gasteiger partial charge in [0.2, 0.25) is 0 Å². The van der Waals surface area contributed by atoms with Gasteiger partial charge in [0, 0.05) is 18.8 Å². The van der Waals surface area contributed by atoms with Crippen molar-refractivity contribution in [2.45, 2.75) is 6.54 Å². The Kier molecular flexibility index (Phi) is 3.79. The summed E-state index contributed by atoms with van der Waals surface area (Å²) in [4.78, 5) is 0. The Hall–Kier alpha value is -1.00. The first-order valence-electron chi connectivity index (χ1n) is 4.04. The van der Waals surface area contributed by atoms with Crippen LogP contribution in [-0.2, 0) is 6.54 Å². The molecule has 0 aromatic heterocycles. The van der Waals surface area contributed by atoms with Crippen LogP contribution in [0.4, 0.5) is 8.78 Å². The van der Waals surface area contributed by atoms with E-state index in [2.05, 4.69) is 10.6 Å². The second-order valence-corrected chi connectivity index (χ2v) is 2.67. The van der Waals surface area contributed by atoms with Crippen LogP contribution >= 0.6 is 0 Å². The molecule has 1 aromatic rings. The second kappa shape index (κ2) is 4.89. The van der Waals surface area contributed by atoms with Crippen LogP contribution in [0.1, 0.15) is 5.56 Å². The molecule has 0 atom stereocenters. The minimum atomic E-state index is -0.802. The van der Waals surface area contributed by atoms with Crippen LogP contribution in [0.2, 0.25) is 0 Å². The van der Waals surface area contributed by atoms with E-state index >= 15 is 0 Å². The predicted octanol–water partition coefficient (Wildman–Crippen LogP) is 1.23. The van der Waals surface area contributed by atoms with Crippen LogP contribution in [0.15, 0.2) is 18.2 Å². The number of rotatable bonds is 4. The lowest BCUT2D eigenvalue weighted by atomic mass is 10.2. The first-order valence-corrected chi connectivity index (χ1v) is 4.04. The minimum Gasteiger partial charge on any atom is -0.308 e. The zero-order valence-electron chi connectivity index (χ0n) is 7.40. The van der Waals surface area contributed by atoms with E-state index in [-0.39, 0.29) is 0 Å². The molecular weight excluding hydrogens is 174 g/mol. The monoisotopic (exact) mass is 186 g/mol. The predicted molar refractivity (Wildman–Crippen MR) is 47.1 cm³/mol. The fourth-order valence-electron chi connectivity index (χ4n) is 1.01. The Labute approximate surface area is 76.0 Å². The highest BCUT2D eigenvalue weighted by atomic mass is 19.2. The fourth-order valence-corrected chi connectivity index (χ4v) is 1.01. The van der Waals surface area contributed by atoms with Gasteiger partial charge in [0.15, 0.2) is 11.6 Å². The molecule has 1 rings (SSSR count). The van der Waals surface area contributed by atoms with Crippen molar-refractivity contribution < 1.29 is 8.78 Å². The van der Waals surface area contributed by atoms with Gasteiger partial charge in [0.05, 0.1) is 0 Å². The summed E-state index contributed by atoms with van der Waals surface area (Å²) in [5.74, 6) is -1.57. The molecule has 72 valence electrons. The van der Waals surface area contributed by atoms with Gasteiger partial charge < -0.3 is 10.6 Å². The fraction of sp³-hybridized carbons (Fsp3) is 0.333. The van der Waals surface area contributed by atoms with E-state index in [4.69, 9.17) is 0 Å². The van der Waals surface area contributed by atoms with E-state index in [0.29, 0.717) is 18.8 Å². The molecule has 2 nitrogen and oxygen atoms in total. The lowest BCUT2D eigenvalue weighted by Gasteiger charge is -2.05. The van der Waals surface area contributed by atoms with Gasteiger partial charge in [0.25, 0.3) is 0 Å². The van der Waals surface area contributed by atoms with Crippen molar-refractivity contribution in [3.8, 4) is 0 Å². The quantitative estimate of drug-likeness (QED) is 0.546. The van der Waals surface area contributed by atoms with Gasteiger partial charge in [0.1, 0.15) is 0 Å². The Balaban J connectivity index is 2.61. The van der Waals surface area contributed by atoms with Crippen LogP contribution in [-0.4, -0.2) is 13.7 Å². The third-order valence-corrected chi connectivity index (χ3v) is 1.65. The van der Waals surface area contributed by atoms with E-state index in [1.165, 1.54) is 6.07 Å². The summed E-state index contributed by atoms with van der Waals surface area (Å²) >= 11 is 0. The summed E-state index contributed by atoms with van der Waals surface area (Å²) in [5, 5.41) is 5.75. The zero-order chi connectivity index (χ0) is 9.68.